The lowest BCUT2D eigenvalue weighted by Gasteiger charge is -2.44. The van der Waals surface area contributed by atoms with Crippen LogP contribution in [0.5, 0.6) is 0 Å². The summed E-state index contributed by atoms with van der Waals surface area (Å²) in [5, 5.41) is 9.94. The number of sulfonamides is 1. The average molecular weight is 297 g/mol. The molecule has 1 atom stereocenters. The van der Waals surface area contributed by atoms with Gasteiger partial charge in [0.15, 0.2) is 0 Å². The van der Waals surface area contributed by atoms with E-state index in [1.165, 1.54) is 4.31 Å². The fourth-order valence-electron chi connectivity index (χ4n) is 2.36. The van der Waals surface area contributed by atoms with Crippen LogP contribution in [-0.4, -0.2) is 36.5 Å². The third kappa shape index (κ3) is 2.75. The summed E-state index contributed by atoms with van der Waals surface area (Å²) in [5.74, 6) is 0.431. The van der Waals surface area contributed by atoms with Crippen molar-refractivity contribution in [1.29, 1.82) is 0 Å². The summed E-state index contributed by atoms with van der Waals surface area (Å²) in [6, 6.07) is 7.10. The molecule has 0 bridgehead atoms. The molecule has 0 amide bonds. The molecule has 4 nitrogen and oxygen atoms in total. The van der Waals surface area contributed by atoms with Crippen LogP contribution < -0.4 is 0 Å². The van der Waals surface area contributed by atoms with Gasteiger partial charge in [-0.3, -0.25) is 0 Å². The van der Waals surface area contributed by atoms with Crippen LogP contribution in [0, 0.1) is 0 Å². The fraction of sp³-hybridized carbons (Fsp3) is 0.600. The molecule has 1 aromatic rings. The minimum Gasteiger partial charge on any atom is -0.387 e. The summed E-state index contributed by atoms with van der Waals surface area (Å²) in [5.41, 5.74) is 0.309. The second-order valence-electron chi connectivity index (χ2n) is 5.73. The van der Waals surface area contributed by atoms with Gasteiger partial charge in [0.25, 0.3) is 0 Å². The topological polar surface area (TPSA) is 57.6 Å². The van der Waals surface area contributed by atoms with E-state index >= 15 is 0 Å². The third-order valence-electron chi connectivity index (χ3n) is 4.30. The number of rotatable bonds is 5. The van der Waals surface area contributed by atoms with E-state index in [9.17, 15) is 13.5 Å². The Balaban J connectivity index is 2.15. The zero-order valence-electron chi connectivity index (χ0n) is 12.3. The van der Waals surface area contributed by atoms with Crippen molar-refractivity contribution in [2.45, 2.75) is 50.0 Å². The predicted octanol–water partition coefficient (Wildman–Crippen LogP) is 2.35. The Morgan fingerprint density at radius 2 is 1.80 bits per heavy atom. The first kappa shape index (κ1) is 15.5. The second-order valence-corrected chi connectivity index (χ2v) is 7.67. The first-order chi connectivity index (χ1) is 9.32. The van der Waals surface area contributed by atoms with Gasteiger partial charge in [-0.05, 0) is 36.5 Å². The summed E-state index contributed by atoms with van der Waals surface area (Å²) in [6.07, 6.45) is 1.60. The van der Waals surface area contributed by atoms with E-state index in [4.69, 9.17) is 0 Å². The van der Waals surface area contributed by atoms with Crippen LogP contribution in [0.3, 0.4) is 0 Å². The number of hydrogen-bond acceptors (Lipinski definition) is 3. The molecule has 0 aromatic heterocycles. The van der Waals surface area contributed by atoms with Gasteiger partial charge in [0.1, 0.15) is 0 Å². The van der Waals surface area contributed by atoms with Crippen molar-refractivity contribution in [3.63, 3.8) is 0 Å². The standard InChI is InChI=1S/C15H23NO3S/c1-4-12(3)13-6-8-14(9-7-13)20(18,19)16-10-15(17,5-2)11-16/h6-9,12,17H,4-5,10-11H2,1-3H3. The van der Waals surface area contributed by atoms with Crippen molar-refractivity contribution in [1.82, 2.24) is 4.31 Å². The van der Waals surface area contributed by atoms with Gasteiger partial charge in [-0.1, -0.05) is 32.9 Å². The molecule has 1 unspecified atom stereocenters. The van der Waals surface area contributed by atoms with Gasteiger partial charge in [0.05, 0.1) is 10.5 Å². The molecule has 1 heterocycles. The van der Waals surface area contributed by atoms with E-state index in [1.807, 2.05) is 19.1 Å². The van der Waals surface area contributed by atoms with Gasteiger partial charge in [0.2, 0.25) is 10.0 Å². The fourth-order valence-corrected chi connectivity index (χ4v) is 3.96. The summed E-state index contributed by atoms with van der Waals surface area (Å²) < 4.78 is 26.1. The lowest BCUT2D eigenvalue weighted by Crippen LogP contribution is -2.62. The quantitative estimate of drug-likeness (QED) is 0.907. The monoisotopic (exact) mass is 297 g/mol. The van der Waals surface area contributed by atoms with Crippen LogP contribution in [0.4, 0.5) is 0 Å². The van der Waals surface area contributed by atoms with E-state index in [0.717, 1.165) is 12.0 Å². The zero-order valence-corrected chi connectivity index (χ0v) is 13.2. The lowest BCUT2D eigenvalue weighted by atomic mass is 9.94. The Hall–Kier alpha value is -0.910. The van der Waals surface area contributed by atoms with Crippen LogP contribution in [-0.2, 0) is 10.0 Å². The maximum Gasteiger partial charge on any atom is 0.243 e. The van der Waals surface area contributed by atoms with E-state index in [1.54, 1.807) is 12.1 Å². The van der Waals surface area contributed by atoms with Gasteiger partial charge in [-0.25, -0.2) is 8.42 Å². The molecule has 0 spiro atoms. The van der Waals surface area contributed by atoms with Gasteiger partial charge < -0.3 is 5.11 Å². The predicted molar refractivity (Wildman–Crippen MR) is 79.1 cm³/mol. The smallest absolute Gasteiger partial charge is 0.243 e. The number of benzene rings is 1. The maximum absolute atomic E-state index is 12.4. The van der Waals surface area contributed by atoms with Crippen LogP contribution in [0.15, 0.2) is 29.2 Å². The van der Waals surface area contributed by atoms with Crippen molar-refractivity contribution >= 4 is 10.0 Å². The molecule has 5 heteroatoms. The van der Waals surface area contributed by atoms with Crippen molar-refractivity contribution in [2.24, 2.45) is 0 Å². The Kier molecular flexibility index (Phi) is 4.23. The van der Waals surface area contributed by atoms with Crippen molar-refractivity contribution in [2.75, 3.05) is 13.1 Å². The molecule has 1 saturated heterocycles. The Labute approximate surface area is 121 Å². The molecular weight excluding hydrogens is 274 g/mol. The number of hydrogen-bond donors (Lipinski definition) is 1. The van der Waals surface area contributed by atoms with E-state index in [2.05, 4.69) is 13.8 Å². The summed E-state index contributed by atoms with van der Waals surface area (Å²) in [7, 11) is -3.46. The SMILES string of the molecule is CCC(C)c1ccc(S(=O)(=O)N2CC(O)(CC)C2)cc1. The molecule has 20 heavy (non-hydrogen) atoms. The molecule has 0 radical (unpaired) electrons. The van der Waals surface area contributed by atoms with Crippen LogP contribution in [0.2, 0.25) is 0 Å². The normalized spacial score (nSPS) is 20.4. The van der Waals surface area contributed by atoms with Crippen molar-refractivity contribution in [3.8, 4) is 0 Å². The summed E-state index contributed by atoms with van der Waals surface area (Å²) >= 11 is 0. The number of nitrogens with zero attached hydrogens (tertiary/aromatic N) is 1. The molecule has 1 N–H and O–H groups in total. The van der Waals surface area contributed by atoms with Gasteiger partial charge in [-0.15, -0.1) is 0 Å². The first-order valence-corrected chi connectivity index (χ1v) is 8.59. The van der Waals surface area contributed by atoms with E-state index in [0.29, 0.717) is 17.2 Å². The van der Waals surface area contributed by atoms with Crippen LogP contribution in [0.25, 0.3) is 0 Å². The maximum atomic E-state index is 12.4. The highest BCUT2D eigenvalue weighted by molar-refractivity contribution is 7.89. The second kappa shape index (κ2) is 5.47. The lowest BCUT2D eigenvalue weighted by molar-refractivity contribution is -0.0613. The van der Waals surface area contributed by atoms with Gasteiger partial charge in [0, 0.05) is 13.1 Å². The molecule has 0 aliphatic carbocycles. The Morgan fingerprint density at radius 3 is 2.25 bits per heavy atom. The molecule has 1 aromatic carbocycles. The number of aliphatic hydroxyl groups is 1. The molecule has 0 saturated carbocycles. The highest BCUT2D eigenvalue weighted by atomic mass is 32.2. The van der Waals surface area contributed by atoms with E-state index < -0.39 is 15.6 Å². The molecule has 1 fully saturated rings. The Bertz CT molecular complexity index is 559. The largest absolute Gasteiger partial charge is 0.387 e. The average Bonchev–Trinajstić information content (AvgIpc) is 2.43. The third-order valence-corrected chi connectivity index (χ3v) is 6.10. The minimum atomic E-state index is -3.46. The molecular formula is C15H23NO3S. The summed E-state index contributed by atoms with van der Waals surface area (Å²) in [6.45, 7) is 6.49. The van der Waals surface area contributed by atoms with Gasteiger partial charge in [-0.2, -0.15) is 4.31 Å². The van der Waals surface area contributed by atoms with Crippen molar-refractivity contribution in [3.05, 3.63) is 29.8 Å². The van der Waals surface area contributed by atoms with E-state index in [-0.39, 0.29) is 13.1 Å². The Morgan fingerprint density at radius 1 is 1.25 bits per heavy atom. The molecule has 1 aliphatic heterocycles. The molecule has 112 valence electrons. The summed E-state index contributed by atoms with van der Waals surface area (Å²) in [4.78, 5) is 0.308. The minimum absolute atomic E-state index is 0.193. The van der Waals surface area contributed by atoms with Gasteiger partial charge >= 0.3 is 0 Å². The first-order valence-electron chi connectivity index (χ1n) is 7.15. The van der Waals surface area contributed by atoms with Crippen LogP contribution in [0.1, 0.15) is 45.1 Å². The highest BCUT2D eigenvalue weighted by Crippen LogP contribution is 2.30. The number of β-amino-alcohol motifs (C(OH)–C–C–N with tert-alkyl or cyclic N) is 1. The van der Waals surface area contributed by atoms with Crippen molar-refractivity contribution < 1.29 is 13.5 Å². The zero-order chi connectivity index (χ0) is 15.0. The van der Waals surface area contributed by atoms with Crippen LogP contribution >= 0.6 is 0 Å². The molecule has 1 aliphatic rings. The molecule has 2 rings (SSSR count). The highest BCUT2D eigenvalue weighted by Gasteiger charge is 2.45.